The molecule has 0 aliphatic carbocycles. The minimum absolute atomic E-state index is 0.0444. The lowest BCUT2D eigenvalue weighted by Crippen LogP contribution is -2.47. The predicted molar refractivity (Wildman–Crippen MR) is 93.0 cm³/mol. The van der Waals surface area contributed by atoms with Gasteiger partial charge in [-0.05, 0) is 18.2 Å². The molecule has 8 nitrogen and oxygen atoms in total. The number of pyridine rings is 1. The van der Waals surface area contributed by atoms with Crippen molar-refractivity contribution in [1.29, 1.82) is 5.26 Å². The number of hydrogen-bond donors (Lipinski definition) is 0. The largest absolute Gasteiger partial charge is 0.490 e. The van der Waals surface area contributed by atoms with E-state index in [2.05, 4.69) is 20.9 Å². The summed E-state index contributed by atoms with van der Waals surface area (Å²) < 4.78 is 5.13. The average molecular weight is 339 g/mol. The molecule has 0 spiro atoms. The molecule has 0 N–H and O–H groups in total. The Bertz CT molecular complexity index is 825. The Kier molecular flexibility index (Phi) is 4.66. The van der Waals surface area contributed by atoms with Crippen molar-refractivity contribution < 1.29 is 9.66 Å². The third-order valence-electron chi connectivity index (χ3n) is 4.21. The predicted octanol–water partition coefficient (Wildman–Crippen LogP) is 2.20. The average Bonchev–Trinajstić information content (AvgIpc) is 2.67. The summed E-state index contributed by atoms with van der Waals surface area (Å²) in [7, 11) is 1.43. The van der Waals surface area contributed by atoms with Gasteiger partial charge in [-0.15, -0.1) is 0 Å². The first-order valence-electron chi connectivity index (χ1n) is 7.81. The minimum atomic E-state index is -0.453. The zero-order valence-electron chi connectivity index (χ0n) is 13.8. The SMILES string of the molecule is COc1cc(N2CCN(c3ncccc3C#N)CC2)ccc1[N+](=O)[O-]. The molecule has 128 valence electrons. The number of methoxy groups -OCH3 is 1. The lowest BCUT2D eigenvalue weighted by atomic mass is 10.2. The Labute approximate surface area is 145 Å². The van der Waals surface area contributed by atoms with E-state index in [0.29, 0.717) is 24.5 Å². The van der Waals surface area contributed by atoms with Crippen molar-refractivity contribution in [2.24, 2.45) is 0 Å². The van der Waals surface area contributed by atoms with Crippen molar-refractivity contribution in [3.8, 4) is 11.8 Å². The van der Waals surface area contributed by atoms with Crippen LogP contribution in [0.25, 0.3) is 0 Å². The van der Waals surface area contributed by atoms with E-state index in [0.717, 1.165) is 18.8 Å². The van der Waals surface area contributed by atoms with Crippen LogP contribution in [0.2, 0.25) is 0 Å². The van der Waals surface area contributed by atoms with Gasteiger partial charge in [-0.3, -0.25) is 10.1 Å². The lowest BCUT2D eigenvalue weighted by molar-refractivity contribution is -0.385. The van der Waals surface area contributed by atoms with Gasteiger partial charge in [-0.2, -0.15) is 5.26 Å². The van der Waals surface area contributed by atoms with Gasteiger partial charge in [0, 0.05) is 50.2 Å². The van der Waals surface area contributed by atoms with Crippen LogP contribution in [0.15, 0.2) is 36.5 Å². The first kappa shape index (κ1) is 16.5. The molecule has 25 heavy (non-hydrogen) atoms. The molecule has 2 aromatic rings. The Morgan fingerprint density at radius 1 is 1.24 bits per heavy atom. The molecule has 1 saturated heterocycles. The molecular formula is C17H17N5O3. The fraction of sp³-hybridized carbons (Fsp3) is 0.294. The summed E-state index contributed by atoms with van der Waals surface area (Å²) in [6.45, 7) is 2.88. The highest BCUT2D eigenvalue weighted by molar-refractivity contribution is 5.61. The first-order chi connectivity index (χ1) is 12.1. The number of nitro groups is 1. The summed E-state index contributed by atoms with van der Waals surface area (Å²) in [5, 5.41) is 20.2. The van der Waals surface area contributed by atoms with Crippen molar-refractivity contribution in [1.82, 2.24) is 4.98 Å². The number of anilines is 2. The normalized spacial score (nSPS) is 14.1. The number of piperazine rings is 1. The fourth-order valence-electron chi connectivity index (χ4n) is 2.93. The van der Waals surface area contributed by atoms with Gasteiger partial charge in [0.15, 0.2) is 5.75 Å². The summed E-state index contributed by atoms with van der Waals surface area (Å²) in [4.78, 5) is 19.1. The number of hydrogen-bond acceptors (Lipinski definition) is 7. The topological polar surface area (TPSA) is 95.5 Å². The van der Waals surface area contributed by atoms with Gasteiger partial charge in [0.1, 0.15) is 11.9 Å². The van der Waals surface area contributed by atoms with Gasteiger partial charge < -0.3 is 14.5 Å². The second-order valence-corrected chi connectivity index (χ2v) is 5.57. The monoisotopic (exact) mass is 339 g/mol. The third-order valence-corrected chi connectivity index (χ3v) is 4.21. The van der Waals surface area contributed by atoms with Gasteiger partial charge in [-0.1, -0.05) is 0 Å². The summed E-state index contributed by atoms with van der Waals surface area (Å²) in [6.07, 6.45) is 1.68. The number of nitriles is 1. The van der Waals surface area contributed by atoms with Crippen molar-refractivity contribution in [2.75, 3.05) is 43.1 Å². The maximum Gasteiger partial charge on any atom is 0.311 e. The van der Waals surface area contributed by atoms with E-state index in [9.17, 15) is 15.4 Å². The summed E-state index contributed by atoms with van der Waals surface area (Å²) >= 11 is 0. The van der Waals surface area contributed by atoms with E-state index in [4.69, 9.17) is 4.74 Å². The number of aromatic nitrogens is 1. The molecule has 0 saturated carbocycles. The molecule has 0 atom stereocenters. The minimum Gasteiger partial charge on any atom is -0.490 e. The summed E-state index contributed by atoms with van der Waals surface area (Å²) in [5.41, 5.74) is 1.40. The molecule has 2 heterocycles. The molecule has 8 heteroatoms. The Hall–Kier alpha value is -3.34. The highest BCUT2D eigenvalue weighted by Crippen LogP contribution is 2.32. The van der Waals surface area contributed by atoms with E-state index in [1.807, 2.05) is 0 Å². The molecule has 1 aliphatic heterocycles. The number of nitro benzene ring substituents is 1. The van der Waals surface area contributed by atoms with Crippen LogP contribution in [-0.2, 0) is 0 Å². The van der Waals surface area contributed by atoms with Crippen molar-refractivity contribution in [3.63, 3.8) is 0 Å². The van der Waals surface area contributed by atoms with Crippen molar-refractivity contribution in [2.45, 2.75) is 0 Å². The van der Waals surface area contributed by atoms with Crippen LogP contribution < -0.4 is 14.5 Å². The maximum absolute atomic E-state index is 11.0. The van der Waals surface area contributed by atoms with Gasteiger partial charge in [0.2, 0.25) is 0 Å². The Morgan fingerprint density at radius 2 is 1.96 bits per heavy atom. The van der Waals surface area contributed by atoms with E-state index in [1.54, 1.807) is 30.5 Å². The van der Waals surface area contributed by atoms with Crippen LogP contribution in [0.3, 0.4) is 0 Å². The molecule has 1 fully saturated rings. The molecule has 0 radical (unpaired) electrons. The van der Waals surface area contributed by atoms with E-state index in [-0.39, 0.29) is 11.4 Å². The number of nitrogens with zero attached hydrogens (tertiary/aromatic N) is 5. The summed E-state index contributed by atoms with van der Waals surface area (Å²) in [5.74, 6) is 0.951. The second kappa shape index (κ2) is 7.05. The standard InChI is InChI=1S/C17H17N5O3/c1-25-16-11-14(4-5-15(16)22(23)24)20-7-9-21(10-8-20)17-13(12-18)3-2-6-19-17/h2-6,11H,7-10H2,1H3. The smallest absolute Gasteiger partial charge is 0.311 e. The van der Waals surface area contributed by atoms with Crippen molar-refractivity contribution in [3.05, 3.63) is 52.2 Å². The molecule has 1 aromatic heterocycles. The number of rotatable bonds is 4. The van der Waals surface area contributed by atoms with Gasteiger partial charge in [-0.25, -0.2) is 4.98 Å². The molecule has 1 aliphatic rings. The van der Waals surface area contributed by atoms with Gasteiger partial charge in [0.25, 0.3) is 0 Å². The third kappa shape index (κ3) is 3.30. The van der Waals surface area contributed by atoms with E-state index < -0.39 is 4.92 Å². The molecule has 0 amide bonds. The molecule has 0 unspecified atom stereocenters. The highest BCUT2D eigenvalue weighted by Gasteiger charge is 2.22. The zero-order valence-corrected chi connectivity index (χ0v) is 13.8. The molecule has 0 bridgehead atoms. The molecule has 3 rings (SSSR count). The zero-order chi connectivity index (χ0) is 17.8. The Balaban J connectivity index is 1.74. The maximum atomic E-state index is 11.0. The van der Waals surface area contributed by atoms with E-state index >= 15 is 0 Å². The van der Waals surface area contributed by atoms with Crippen LogP contribution in [0.4, 0.5) is 17.2 Å². The molecular weight excluding hydrogens is 322 g/mol. The summed E-state index contributed by atoms with van der Waals surface area (Å²) in [6, 6.07) is 10.6. The van der Waals surface area contributed by atoms with Crippen LogP contribution in [0, 0.1) is 21.4 Å². The van der Waals surface area contributed by atoms with Crippen LogP contribution >= 0.6 is 0 Å². The van der Waals surface area contributed by atoms with Gasteiger partial charge >= 0.3 is 5.69 Å². The fourth-order valence-corrected chi connectivity index (χ4v) is 2.93. The number of benzene rings is 1. The quantitative estimate of drug-likeness (QED) is 0.622. The van der Waals surface area contributed by atoms with Gasteiger partial charge in [0.05, 0.1) is 17.6 Å². The second-order valence-electron chi connectivity index (χ2n) is 5.57. The molecule has 1 aromatic carbocycles. The van der Waals surface area contributed by atoms with Crippen LogP contribution in [0.1, 0.15) is 5.56 Å². The number of ether oxygens (including phenoxy) is 1. The Morgan fingerprint density at radius 3 is 2.60 bits per heavy atom. The lowest BCUT2D eigenvalue weighted by Gasteiger charge is -2.37. The van der Waals surface area contributed by atoms with Crippen LogP contribution in [0.5, 0.6) is 5.75 Å². The van der Waals surface area contributed by atoms with Crippen LogP contribution in [-0.4, -0.2) is 43.2 Å². The first-order valence-corrected chi connectivity index (χ1v) is 7.81. The van der Waals surface area contributed by atoms with E-state index in [1.165, 1.54) is 13.2 Å². The van der Waals surface area contributed by atoms with Crippen molar-refractivity contribution >= 4 is 17.2 Å². The highest BCUT2D eigenvalue weighted by atomic mass is 16.6.